The van der Waals surface area contributed by atoms with Crippen molar-refractivity contribution in [1.82, 2.24) is 0 Å². The second kappa shape index (κ2) is 4.88. The molecule has 0 aliphatic heterocycles. The minimum Gasteiger partial charge on any atom is -0.373 e. The Morgan fingerprint density at radius 3 is 2.38 bits per heavy atom. The number of hydrogen-bond acceptors (Lipinski definition) is 2. The number of likely N-dealkylation sites (N-methyl/N-ethyl adjacent to an activating group) is 1. The summed E-state index contributed by atoms with van der Waals surface area (Å²) in [6.45, 7) is 0.969. The number of benzene rings is 1. The van der Waals surface area contributed by atoms with E-state index < -0.39 is 0 Å². The van der Waals surface area contributed by atoms with E-state index in [9.17, 15) is 0 Å². The Kier molecular flexibility index (Phi) is 3.49. The maximum Gasteiger partial charge on any atom is 0.0364 e. The zero-order valence-electron chi connectivity index (χ0n) is 10.2. The molecular weight excluding hydrogens is 196 g/mol. The highest BCUT2D eigenvalue weighted by atomic mass is 15.1. The minimum atomic E-state index is 0.0306. The lowest BCUT2D eigenvalue weighted by Gasteiger charge is -2.37. The third-order valence-electron chi connectivity index (χ3n) is 3.60. The van der Waals surface area contributed by atoms with Crippen LogP contribution in [0, 0.1) is 0 Å². The van der Waals surface area contributed by atoms with Crippen LogP contribution in [-0.2, 0) is 0 Å². The smallest absolute Gasteiger partial charge is 0.0364 e. The quantitative estimate of drug-likeness (QED) is 0.845. The van der Waals surface area contributed by atoms with Crippen LogP contribution in [0.3, 0.4) is 0 Å². The Labute approximate surface area is 98.4 Å². The molecule has 0 radical (unpaired) electrons. The zero-order valence-corrected chi connectivity index (χ0v) is 10.2. The molecule has 88 valence electrons. The van der Waals surface area contributed by atoms with Gasteiger partial charge in [-0.05, 0) is 25.0 Å². The molecule has 0 spiro atoms. The number of anilines is 1. The molecule has 1 aromatic carbocycles. The average molecular weight is 218 g/mol. The van der Waals surface area contributed by atoms with Crippen LogP contribution in [0.15, 0.2) is 30.3 Å². The molecule has 0 amide bonds. The van der Waals surface area contributed by atoms with Gasteiger partial charge in [0.1, 0.15) is 0 Å². The zero-order chi connectivity index (χ0) is 11.4. The van der Waals surface area contributed by atoms with Crippen molar-refractivity contribution in [2.24, 2.45) is 5.73 Å². The fourth-order valence-corrected chi connectivity index (χ4v) is 2.66. The molecule has 0 atom stereocenters. The van der Waals surface area contributed by atoms with Crippen molar-refractivity contribution < 1.29 is 0 Å². The van der Waals surface area contributed by atoms with Crippen molar-refractivity contribution in [1.29, 1.82) is 0 Å². The summed E-state index contributed by atoms with van der Waals surface area (Å²) in [6, 6.07) is 10.5. The summed E-state index contributed by atoms with van der Waals surface area (Å²) in [5.74, 6) is 0. The van der Waals surface area contributed by atoms with E-state index in [1.54, 1.807) is 0 Å². The van der Waals surface area contributed by atoms with E-state index in [1.807, 2.05) is 0 Å². The van der Waals surface area contributed by atoms with Crippen LogP contribution < -0.4 is 10.6 Å². The number of para-hydroxylation sites is 1. The first-order valence-electron chi connectivity index (χ1n) is 6.25. The van der Waals surface area contributed by atoms with Crippen molar-refractivity contribution in [3.05, 3.63) is 30.3 Å². The molecule has 0 heterocycles. The summed E-state index contributed by atoms with van der Waals surface area (Å²) in [7, 11) is 2.14. The molecule has 16 heavy (non-hydrogen) atoms. The maximum absolute atomic E-state index is 6.46. The molecule has 0 aromatic heterocycles. The molecule has 1 aliphatic rings. The SMILES string of the molecule is CN(CC1(N)CCCCC1)c1ccccc1. The highest BCUT2D eigenvalue weighted by Crippen LogP contribution is 2.27. The largest absolute Gasteiger partial charge is 0.373 e. The van der Waals surface area contributed by atoms with Crippen LogP contribution in [0.4, 0.5) is 5.69 Å². The second-order valence-corrected chi connectivity index (χ2v) is 5.11. The van der Waals surface area contributed by atoms with Crippen LogP contribution in [0.1, 0.15) is 32.1 Å². The lowest BCUT2D eigenvalue weighted by molar-refractivity contribution is 0.301. The van der Waals surface area contributed by atoms with Gasteiger partial charge in [-0.15, -0.1) is 0 Å². The maximum atomic E-state index is 6.46. The van der Waals surface area contributed by atoms with E-state index in [0.29, 0.717) is 0 Å². The Morgan fingerprint density at radius 1 is 1.12 bits per heavy atom. The molecule has 2 rings (SSSR count). The Balaban J connectivity index is 1.98. The summed E-state index contributed by atoms with van der Waals surface area (Å²) in [4.78, 5) is 2.28. The normalized spacial score (nSPS) is 19.4. The van der Waals surface area contributed by atoms with Gasteiger partial charge in [0.2, 0.25) is 0 Å². The van der Waals surface area contributed by atoms with Gasteiger partial charge in [0, 0.05) is 24.8 Å². The van der Waals surface area contributed by atoms with E-state index in [0.717, 1.165) is 6.54 Å². The molecule has 2 nitrogen and oxygen atoms in total. The molecule has 2 N–H and O–H groups in total. The molecule has 1 aliphatic carbocycles. The van der Waals surface area contributed by atoms with Gasteiger partial charge in [0.05, 0.1) is 0 Å². The Hall–Kier alpha value is -1.02. The number of rotatable bonds is 3. The summed E-state index contributed by atoms with van der Waals surface area (Å²) in [5, 5.41) is 0. The summed E-state index contributed by atoms with van der Waals surface area (Å²) in [5.41, 5.74) is 7.75. The summed E-state index contributed by atoms with van der Waals surface area (Å²) in [6.07, 6.45) is 6.28. The predicted molar refractivity (Wildman–Crippen MR) is 69.7 cm³/mol. The fourth-order valence-electron chi connectivity index (χ4n) is 2.66. The van der Waals surface area contributed by atoms with Crippen molar-refractivity contribution >= 4 is 5.69 Å². The van der Waals surface area contributed by atoms with E-state index in [-0.39, 0.29) is 5.54 Å². The predicted octanol–water partition coefficient (Wildman–Crippen LogP) is 2.78. The third kappa shape index (κ3) is 2.76. The van der Waals surface area contributed by atoms with Gasteiger partial charge < -0.3 is 10.6 Å². The minimum absolute atomic E-state index is 0.0306. The Morgan fingerprint density at radius 2 is 1.75 bits per heavy atom. The van der Waals surface area contributed by atoms with Crippen molar-refractivity contribution in [2.75, 3.05) is 18.5 Å². The van der Waals surface area contributed by atoms with E-state index >= 15 is 0 Å². The first kappa shape index (κ1) is 11.5. The van der Waals surface area contributed by atoms with Gasteiger partial charge in [-0.3, -0.25) is 0 Å². The third-order valence-corrected chi connectivity index (χ3v) is 3.60. The van der Waals surface area contributed by atoms with Crippen LogP contribution in [-0.4, -0.2) is 19.1 Å². The van der Waals surface area contributed by atoms with Crippen LogP contribution in [0.5, 0.6) is 0 Å². The molecule has 0 unspecified atom stereocenters. The van der Waals surface area contributed by atoms with E-state index in [2.05, 4.69) is 42.3 Å². The monoisotopic (exact) mass is 218 g/mol. The van der Waals surface area contributed by atoms with Crippen LogP contribution >= 0.6 is 0 Å². The van der Waals surface area contributed by atoms with Crippen molar-refractivity contribution in [3.8, 4) is 0 Å². The highest BCUT2D eigenvalue weighted by Gasteiger charge is 2.28. The van der Waals surface area contributed by atoms with E-state index in [1.165, 1.54) is 37.8 Å². The lowest BCUT2D eigenvalue weighted by atomic mass is 9.82. The van der Waals surface area contributed by atoms with Crippen molar-refractivity contribution in [3.63, 3.8) is 0 Å². The Bertz CT molecular complexity index is 315. The average Bonchev–Trinajstić information content (AvgIpc) is 2.30. The van der Waals surface area contributed by atoms with Crippen LogP contribution in [0.25, 0.3) is 0 Å². The molecule has 0 bridgehead atoms. The molecular formula is C14H22N2. The fraction of sp³-hybridized carbons (Fsp3) is 0.571. The lowest BCUT2D eigenvalue weighted by Crippen LogP contribution is -2.50. The van der Waals surface area contributed by atoms with Crippen molar-refractivity contribution in [2.45, 2.75) is 37.6 Å². The summed E-state index contributed by atoms with van der Waals surface area (Å²) < 4.78 is 0. The first-order chi connectivity index (χ1) is 7.70. The van der Waals surface area contributed by atoms with Gasteiger partial charge in [-0.25, -0.2) is 0 Å². The summed E-state index contributed by atoms with van der Waals surface area (Å²) >= 11 is 0. The van der Waals surface area contributed by atoms with Gasteiger partial charge in [0.25, 0.3) is 0 Å². The van der Waals surface area contributed by atoms with Gasteiger partial charge >= 0.3 is 0 Å². The van der Waals surface area contributed by atoms with Gasteiger partial charge in [0.15, 0.2) is 0 Å². The number of nitrogens with two attached hydrogens (primary N) is 1. The van der Waals surface area contributed by atoms with Gasteiger partial charge in [-0.1, -0.05) is 37.5 Å². The second-order valence-electron chi connectivity index (χ2n) is 5.11. The highest BCUT2D eigenvalue weighted by molar-refractivity contribution is 5.45. The molecule has 2 heteroatoms. The number of hydrogen-bond donors (Lipinski definition) is 1. The number of nitrogens with zero attached hydrogens (tertiary/aromatic N) is 1. The first-order valence-corrected chi connectivity index (χ1v) is 6.25. The molecule has 1 aromatic rings. The molecule has 1 saturated carbocycles. The van der Waals surface area contributed by atoms with Crippen LogP contribution in [0.2, 0.25) is 0 Å². The molecule has 0 saturated heterocycles. The topological polar surface area (TPSA) is 29.3 Å². The van der Waals surface area contributed by atoms with E-state index in [4.69, 9.17) is 5.73 Å². The molecule has 1 fully saturated rings. The van der Waals surface area contributed by atoms with Gasteiger partial charge in [-0.2, -0.15) is 0 Å². The standard InChI is InChI=1S/C14H22N2/c1-16(13-8-4-2-5-9-13)12-14(15)10-6-3-7-11-14/h2,4-5,8-9H,3,6-7,10-12,15H2,1H3.